The fourth-order valence-electron chi connectivity index (χ4n) is 5.60. The van der Waals surface area contributed by atoms with Gasteiger partial charge in [-0.25, -0.2) is 0 Å². The van der Waals surface area contributed by atoms with Gasteiger partial charge in [0.05, 0.1) is 18.4 Å². The second-order valence-electron chi connectivity index (χ2n) is 8.61. The number of hydrogen-bond donors (Lipinski definition) is 1. The summed E-state index contributed by atoms with van der Waals surface area (Å²) in [4.78, 5) is 30.1. The van der Waals surface area contributed by atoms with E-state index in [1.54, 1.807) is 7.11 Å². The predicted octanol–water partition coefficient (Wildman–Crippen LogP) is 1.31. The molecular formula is C22H31N3O3. The van der Waals surface area contributed by atoms with Gasteiger partial charge in [-0.1, -0.05) is 30.3 Å². The van der Waals surface area contributed by atoms with Crippen LogP contribution < -0.4 is 5.32 Å². The number of nitrogens with zero attached hydrogens (tertiary/aromatic N) is 2. The molecule has 0 radical (unpaired) electrons. The third-order valence-electron chi connectivity index (χ3n) is 7.19. The standard InChI is InChI=1S/C22H31N3O3/c1-28-14-13-24-16-21(22(17-24)7-10-23-20(22)27)8-11-25(12-9-21)19(26)15-18-5-3-2-4-6-18/h2-6H,7-17H2,1H3,(H,23,27). The van der Waals surface area contributed by atoms with Crippen LogP contribution in [0.5, 0.6) is 0 Å². The predicted molar refractivity (Wildman–Crippen MR) is 107 cm³/mol. The van der Waals surface area contributed by atoms with Crippen LogP contribution in [0.4, 0.5) is 0 Å². The van der Waals surface area contributed by atoms with Gasteiger partial charge in [-0.3, -0.25) is 14.5 Å². The number of nitrogens with one attached hydrogen (secondary N) is 1. The van der Waals surface area contributed by atoms with Crippen molar-refractivity contribution in [1.29, 1.82) is 0 Å². The molecule has 0 aliphatic carbocycles. The van der Waals surface area contributed by atoms with E-state index >= 15 is 0 Å². The van der Waals surface area contributed by atoms with Gasteiger partial charge >= 0.3 is 0 Å². The fourth-order valence-corrected chi connectivity index (χ4v) is 5.60. The topological polar surface area (TPSA) is 61.9 Å². The Bertz CT molecular complexity index is 715. The van der Waals surface area contributed by atoms with Gasteiger partial charge in [0.2, 0.25) is 11.8 Å². The van der Waals surface area contributed by atoms with E-state index in [0.717, 1.165) is 64.1 Å². The minimum absolute atomic E-state index is 0.0230. The van der Waals surface area contributed by atoms with Gasteiger partial charge in [-0.2, -0.15) is 0 Å². The molecule has 1 atom stereocenters. The molecule has 2 spiro atoms. The number of methoxy groups -OCH3 is 1. The second kappa shape index (κ2) is 7.84. The summed E-state index contributed by atoms with van der Waals surface area (Å²) in [7, 11) is 1.72. The normalized spacial score (nSPS) is 26.9. The molecule has 3 heterocycles. The Morgan fingerprint density at radius 1 is 1.14 bits per heavy atom. The van der Waals surface area contributed by atoms with E-state index in [1.165, 1.54) is 0 Å². The lowest BCUT2D eigenvalue weighted by atomic mass is 9.60. The van der Waals surface area contributed by atoms with E-state index in [1.807, 2.05) is 35.2 Å². The minimum Gasteiger partial charge on any atom is -0.383 e. The van der Waals surface area contributed by atoms with E-state index in [0.29, 0.717) is 13.0 Å². The molecule has 28 heavy (non-hydrogen) atoms. The summed E-state index contributed by atoms with van der Waals surface area (Å²) >= 11 is 0. The lowest BCUT2D eigenvalue weighted by molar-refractivity contribution is -0.138. The van der Waals surface area contributed by atoms with Crippen LogP contribution in [0, 0.1) is 10.8 Å². The van der Waals surface area contributed by atoms with E-state index in [-0.39, 0.29) is 22.6 Å². The van der Waals surface area contributed by atoms with Crippen molar-refractivity contribution in [3.63, 3.8) is 0 Å². The molecule has 152 valence electrons. The average Bonchev–Trinajstić information content (AvgIpc) is 3.23. The lowest BCUT2D eigenvalue weighted by Gasteiger charge is -2.46. The Kier molecular flexibility index (Phi) is 5.43. The molecule has 3 saturated heterocycles. The second-order valence-corrected chi connectivity index (χ2v) is 8.61. The Morgan fingerprint density at radius 3 is 2.54 bits per heavy atom. The lowest BCUT2D eigenvalue weighted by Crippen LogP contribution is -2.53. The number of piperidine rings is 1. The molecule has 6 heteroatoms. The van der Waals surface area contributed by atoms with Gasteiger partial charge in [0, 0.05) is 51.8 Å². The van der Waals surface area contributed by atoms with Crippen molar-refractivity contribution in [1.82, 2.24) is 15.1 Å². The number of amides is 2. The molecule has 2 amide bonds. The van der Waals surface area contributed by atoms with Crippen LogP contribution in [0.3, 0.4) is 0 Å². The number of hydrogen-bond acceptors (Lipinski definition) is 4. The van der Waals surface area contributed by atoms with Crippen molar-refractivity contribution < 1.29 is 14.3 Å². The molecule has 1 unspecified atom stereocenters. The number of carbonyl (C=O) groups is 2. The Balaban J connectivity index is 1.45. The summed E-state index contributed by atoms with van der Waals surface area (Å²) in [5, 5.41) is 3.09. The van der Waals surface area contributed by atoms with Gasteiger partial charge < -0.3 is 15.0 Å². The first kappa shape index (κ1) is 19.4. The van der Waals surface area contributed by atoms with Crippen LogP contribution >= 0.6 is 0 Å². The third kappa shape index (κ3) is 3.33. The van der Waals surface area contributed by atoms with Crippen molar-refractivity contribution in [2.45, 2.75) is 25.7 Å². The zero-order chi connectivity index (χ0) is 19.6. The van der Waals surface area contributed by atoms with Crippen molar-refractivity contribution in [2.75, 3.05) is 53.0 Å². The van der Waals surface area contributed by atoms with E-state index in [2.05, 4.69) is 10.2 Å². The zero-order valence-electron chi connectivity index (χ0n) is 16.8. The van der Waals surface area contributed by atoms with Crippen LogP contribution in [0.25, 0.3) is 0 Å². The van der Waals surface area contributed by atoms with Crippen molar-refractivity contribution >= 4 is 11.8 Å². The van der Waals surface area contributed by atoms with Gasteiger partial charge in [0.15, 0.2) is 0 Å². The number of rotatable bonds is 5. The molecule has 0 saturated carbocycles. The van der Waals surface area contributed by atoms with E-state index in [9.17, 15) is 9.59 Å². The monoisotopic (exact) mass is 385 g/mol. The van der Waals surface area contributed by atoms with Crippen LogP contribution in [-0.2, 0) is 20.7 Å². The average molecular weight is 386 g/mol. The molecule has 3 fully saturated rings. The van der Waals surface area contributed by atoms with Gasteiger partial charge in [-0.05, 0) is 24.8 Å². The Morgan fingerprint density at radius 2 is 1.89 bits per heavy atom. The molecule has 1 N–H and O–H groups in total. The molecule has 1 aromatic rings. The molecule has 4 rings (SSSR count). The first-order valence-electron chi connectivity index (χ1n) is 10.4. The highest BCUT2D eigenvalue weighted by molar-refractivity contribution is 5.86. The van der Waals surface area contributed by atoms with Gasteiger partial charge in [0.1, 0.15) is 0 Å². The molecule has 1 aromatic carbocycles. The first-order chi connectivity index (χ1) is 13.6. The maximum atomic E-state index is 12.9. The van der Waals surface area contributed by atoms with Crippen LogP contribution in [0.15, 0.2) is 30.3 Å². The van der Waals surface area contributed by atoms with E-state index in [4.69, 9.17) is 4.74 Å². The first-order valence-corrected chi connectivity index (χ1v) is 10.4. The highest BCUT2D eigenvalue weighted by Crippen LogP contribution is 2.56. The largest absolute Gasteiger partial charge is 0.383 e. The van der Waals surface area contributed by atoms with Gasteiger partial charge in [0.25, 0.3) is 0 Å². The summed E-state index contributed by atoms with van der Waals surface area (Å²) in [6.45, 7) is 5.58. The summed E-state index contributed by atoms with van der Waals surface area (Å²) in [5.41, 5.74) is 0.742. The summed E-state index contributed by atoms with van der Waals surface area (Å²) in [6.07, 6.45) is 3.18. The van der Waals surface area contributed by atoms with Gasteiger partial charge in [-0.15, -0.1) is 0 Å². The number of benzene rings is 1. The molecule has 0 bridgehead atoms. The summed E-state index contributed by atoms with van der Waals surface area (Å²) < 4.78 is 5.27. The molecule has 6 nitrogen and oxygen atoms in total. The van der Waals surface area contributed by atoms with Crippen LogP contribution in [0.1, 0.15) is 24.8 Å². The van der Waals surface area contributed by atoms with Crippen molar-refractivity contribution in [2.24, 2.45) is 10.8 Å². The molecular weight excluding hydrogens is 354 g/mol. The molecule has 3 aliphatic heterocycles. The summed E-state index contributed by atoms with van der Waals surface area (Å²) in [5.74, 6) is 0.414. The quantitative estimate of drug-likeness (QED) is 0.830. The molecule has 3 aliphatic rings. The summed E-state index contributed by atoms with van der Waals surface area (Å²) in [6, 6.07) is 9.94. The Labute approximate surface area is 167 Å². The smallest absolute Gasteiger partial charge is 0.228 e. The number of fused-ring (bicyclic) bond motifs is 1. The van der Waals surface area contributed by atoms with Crippen LogP contribution in [0.2, 0.25) is 0 Å². The number of likely N-dealkylation sites (tertiary alicyclic amines) is 2. The highest BCUT2D eigenvalue weighted by atomic mass is 16.5. The number of ether oxygens (including phenoxy) is 1. The molecule has 0 aromatic heterocycles. The number of carbonyl (C=O) groups excluding carboxylic acids is 2. The van der Waals surface area contributed by atoms with Crippen molar-refractivity contribution in [3.05, 3.63) is 35.9 Å². The fraction of sp³-hybridized carbons (Fsp3) is 0.636. The zero-order valence-corrected chi connectivity index (χ0v) is 16.8. The van der Waals surface area contributed by atoms with Crippen molar-refractivity contribution in [3.8, 4) is 0 Å². The maximum absolute atomic E-state index is 12.9. The Hall–Kier alpha value is -1.92. The SMILES string of the molecule is COCCN1CC2(CCN(C(=O)Cc3ccccc3)CC2)C2(CCNC2=O)C1. The maximum Gasteiger partial charge on any atom is 0.228 e. The van der Waals surface area contributed by atoms with E-state index < -0.39 is 0 Å². The highest BCUT2D eigenvalue weighted by Gasteiger charge is 2.63. The minimum atomic E-state index is -0.296. The third-order valence-corrected chi connectivity index (χ3v) is 7.19. The van der Waals surface area contributed by atoms with Crippen LogP contribution in [-0.4, -0.2) is 74.6 Å².